The normalized spacial score (nSPS) is 10.5. The standard InChI is InChI=1S/C13H12ClNO2/c1-15(2)13(17)8-6-10-9(12(16)7-8)4-3-5-11(10)14/h3-7,16H,1-2H3. The molecule has 0 spiro atoms. The van der Waals surface area contributed by atoms with Gasteiger partial charge in [-0.2, -0.15) is 0 Å². The Morgan fingerprint density at radius 3 is 2.59 bits per heavy atom. The molecule has 1 N–H and O–H groups in total. The van der Waals surface area contributed by atoms with Crippen molar-refractivity contribution in [1.29, 1.82) is 0 Å². The first-order chi connectivity index (χ1) is 8.00. The fourth-order valence-corrected chi connectivity index (χ4v) is 1.94. The van der Waals surface area contributed by atoms with Gasteiger partial charge in [-0.1, -0.05) is 23.7 Å². The number of benzene rings is 2. The van der Waals surface area contributed by atoms with Gasteiger partial charge in [-0.3, -0.25) is 4.79 Å². The number of carbonyl (C=O) groups is 1. The molecule has 0 aliphatic rings. The Bertz CT molecular complexity index is 593. The molecule has 0 atom stereocenters. The second kappa shape index (κ2) is 4.26. The van der Waals surface area contributed by atoms with E-state index in [1.165, 1.54) is 11.0 Å². The van der Waals surface area contributed by atoms with Crippen molar-refractivity contribution in [3.8, 4) is 5.75 Å². The summed E-state index contributed by atoms with van der Waals surface area (Å²) in [4.78, 5) is 13.3. The second-order valence-electron chi connectivity index (χ2n) is 4.03. The van der Waals surface area contributed by atoms with Crippen LogP contribution in [-0.4, -0.2) is 30.0 Å². The van der Waals surface area contributed by atoms with E-state index in [4.69, 9.17) is 11.6 Å². The second-order valence-corrected chi connectivity index (χ2v) is 4.44. The van der Waals surface area contributed by atoms with Gasteiger partial charge in [-0.25, -0.2) is 0 Å². The molecule has 0 bridgehead atoms. The molecule has 2 rings (SSSR count). The Labute approximate surface area is 104 Å². The molecule has 17 heavy (non-hydrogen) atoms. The highest BCUT2D eigenvalue weighted by molar-refractivity contribution is 6.35. The van der Waals surface area contributed by atoms with E-state index in [0.717, 1.165) is 0 Å². The van der Waals surface area contributed by atoms with Crippen LogP contribution in [0.15, 0.2) is 30.3 Å². The van der Waals surface area contributed by atoms with Crippen molar-refractivity contribution in [2.45, 2.75) is 0 Å². The Balaban J connectivity index is 2.70. The third-order valence-corrected chi connectivity index (χ3v) is 2.90. The highest BCUT2D eigenvalue weighted by atomic mass is 35.5. The molecule has 0 aliphatic carbocycles. The van der Waals surface area contributed by atoms with Crippen LogP contribution in [-0.2, 0) is 0 Å². The molecule has 3 nitrogen and oxygen atoms in total. The molecule has 88 valence electrons. The fourth-order valence-electron chi connectivity index (χ4n) is 1.71. The molecule has 0 unspecified atom stereocenters. The van der Waals surface area contributed by atoms with Crippen LogP contribution in [0.5, 0.6) is 5.75 Å². The SMILES string of the molecule is CN(C)C(=O)c1cc(O)c2cccc(Cl)c2c1. The van der Waals surface area contributed by atoms with Gasteiger partial charge in [0.05, 0.1) is 0 Å². The Morgan fingerprint density at radius 1 is 1.24 bits per heavy atom. The lowest BCUT2D eigenvalue weighted by Crippen LogP contribution is -2.21. The lowest BCUT2D eigenvalue weighted by molar-refractivity contribution is 0.0827. The van der Waals surface area contributed by atoms with E-state index in [1.807, 2.05) is 0 Å². The highest BCUT2D eigenvalue weighted by Gasteiger charge is 2.12. The van der Waals surface area contributed by atoms with Crippen molar-refractivity contribution in [2.24, 2.45) is 0 Å². The first-order valence-corrected chi connectivity index (χ1v) is 5.51. The van der Waals surface area contributed by atoms with Crippen LogP contribution in [0.1, 0.15) is 10.4 Å². The summed E-state index contributed by atoms with van der Waals surface area (Å²) in [5, 5.41) is 11.7. The van der Waals surface area contributed by atoms with Gasteiger partial charge in [0.2, 0.25) is 0 Å². The fraction of sp³-hybridized carbons (Fsp3) is 0.154. The van der Waals surface area contributed by atoms with Gasteiger partial charge in [0.1, 0.15) is 5.75 Å². The molecule has 2 aromatic carbocycles. The summed E-state index contributed by atoms with van der Waals surface area (Å²) in [6.45, 7) is 0. The number of rotatable bonds is 1. The molecule has 0 fully saturated rings. The molecule has 0 radical (unpaired) electrons. The number of phenols is 1. The molecule has 0 aromatic heterocycles. The average molecular weight is 250 g/mol. The van der Waals surface area contributed by atoms with Gasteiger partial charge in [-0.05, 0) is 18.2 Å². The summed E-state index contributed by atoms with van der Waals surface area (Å²) in [6.07, 6.45) is 0. The predicted molar refractivity (Wildman–Crippen MR) is 68.6 cm³/mol. The highest BCUT2D eigenvalue weighted by Crippen LogP contribution is 2.31. The van der Waals surface area contributed by atoms with E-state index in [-0.39, 0.29) is 11.7 Å². The van der Waals surface area contributed by atoms with E-state index in [9.17, 15) is 9.90 Å². The topological polar surface area (TPSA) is 40.5 Å². The third kappa shape index (κ3) is 2.06. The minimum Gasteiger partial charge on any atom is -0.507 e. The largest absolute Gasteiger partial charge is 0.507 e. The maximum absolute atomic E-state index is 11.8. The lowest BCUT2D eigenvalue weighted by Gasteiger charge is -2.12. The lowest BCUT2D eigenvalue weighted by atomic mass is 10.1. The van der Waals surface area contributed by atoms with Crippen LogP contribution in [0.3, 0.4) is 0 Å². The summed E-state index contributed by atoms with van der Waals surface area (Å²) < 4.78 is 0. The van der Waals surface area contributed by atoms with Gasteiger partial charge in [0.25, 0.3) is 5.91 Å². The first kappa shape index (κ1) is 11.7. The Morgan fingerprint density at radius 2 is 1.94 bits per heavy atom. The monoisotopic (exact) mass is 249 g/mol. The van der Waals surface area contributed by atoms with Crippen molar-refractivity contribution in [3.63, 3.8) is 0 Å². The molecule has 0 aliphatic heterocycles. The van der Waals surface area contributed by atoms with Crippen LogP contribution in [0.2, 0.25) is 5.02 Å². The Kier molecular flexibility index (Phi) is 2.94. The number of hydrogen-bond donors (Lipinski definition) is 1. The van der Waals surface area contributed by atoms with E-state index < -0.39 is 0 Å². The summed E-state index contributed by atoms with van der Waals surface area (Å²) >= 11 is 6.05. The zero-order chi connectivity index (χ0) is 12.6. The van der Waals surface area contributed by atoms with E-state index in [2.05, 4.69) is 0 Å². The van der Waals surface area contributed by atoms with Gasteiger partial charge in [0.15, 0.2) is 0 Å². The summed E-state index contributed by atoms with van der Waals surface area (Å²) in [5.74, 6) is -0.0997. The molecule has 0 saturated heterocycles. The van der Waals surface area contributed by atoms with Crippen LogP contribution in [0.4, 0.5) is 0 Å². The molecule has 0 saturated carbocycles. The van der Waals surface area contributed by atoms with Gasteiger partial charge in [-0.15, -0.1) is 0 Å². The first-order valence-electron chi connectivity index (χ1n) is 5.13. The van der Waals surface area contributed by atoms with Crippen molar-refractivity contribution in [2.75, 3.05) is 14.1 Å². The van der Waals surface area contributed by atoms with Crippen LogP contribution >= 0.6 is 11.6 Å². The third-order valence-electron chi connectivity index (χ3n) is 2.57. The number of amides is 1. The number of nitrogens with zero attached hydrogens (tertiary/aromatic N) is 1. The van der Waals surface area contributed by atoms with Crippen molar-refractivity contribution < 1.29 is 9.90 Å². The molecule has 1 amide bonds. The minimum atomic E-state index is -0.165. The summed E-state index contributed by atoms with van der Waals surface area (Å²) in [6, 6.07) is 8.41. The average Bonchev–Trinajstić information content (AvgIpc) is 2.29. The quantitative estimate of drug-likeness (QED) is 0.844. The van der Waals surface area contributed by atoms with E-state index in [0.29, 0.717) is 21.4 Å². The number of carbonyl (C=O) groups excluding carboxylic acids is 1. The molecule has 4 heteroatoms. The van der Waals surface area contributed by atoms with Crippen molar-refractivity contribution >= 4 is 28.3 Å². The maximum atomic E-state index is 11.8. The number of phenolic OH excluding ortho intramolecular Hbond substituents is 1. The van der Waals surface area contributed by atoms with Crippen LogP contribution < -0.4 is 0 Å². The van der Waals surface area contributed by atoms with Gasteiger partial charge in [0, 0.05) is 35.5 Å². The smallest absolute Gasteiger partial charge is 0.253 e. The van der Waals surface area contributed by atoms with E-state index >= 15 is 0 Å². The van der Waals surface area contributed by atoms with Crippen LogP contribution in [0, 0.1) is 0 Å². The van der Waals surface area contributed by atoms with Crippen molar-refractivity contribution in [1.82, 2.24) is 4.90 Å². The number of hydrogen-bond acceptors (Lipinski definition) is 2. The van der Waals surface area contributed by atoms with E-state index in [1.54, 1.807) is 38.4 Å². The van der Waals surface area contributed by atoms with Crippen LogP contribution in [0.25, 0.3) is 10.8 Å². The maximum Gasteiger partial charge on any atom is 0.253 e. The van der Waals surface area contributed by atoms with Gasteiger partial charge >= 0.3 is 0 Å². The van der Waals surface area contributed by atoms with Crippen molar-refractivity contribution in [3.05, 3.63) is 40.9 Å². The molecular formula is C13H12ClNO2. The predicted octanol–water partition coefficient (Wildman–Crippen LogP) is 2.90. The summed E-state index contributed by atoms with van der Waals surface area (Å²) in [5.41, 5.74) is 0.424. The molecule has 2 aromatic rings. The molecular weight excluding hydrogens is 238 g/mol. The zero-order valence-electron chi connectivity index (χ0n) is 9.57. The Hall–Kier alpha value is -1.74. The number of halogens is 1. The minimum absolute atomic E-state index is 0.0650. The van der Waals surface area contributed by atoms with Gasteiger partial charge < -0.3 is 10.0 Å². The zero-order valence-corrected chi connectivity index (χ0v) is 10.3. The number of aromatic hydroxyl groups is 1. The molecule has 0 heterocycles. The number of fused-ring (bicyclic) bond motifs is 1. The summed E-state index contributed by atoms with van der Waals surface area (Å²) in [7, 11) is 3.33.